The largest absolute Gasteiger partial charge is 0.340 e. The molecule has 0 radical (unpaired) electrons. The summed E-state index contributed by atoms with van der Waals surface area (Å²) >= 11 is 2.04. The van der Waals surface area contributed by atoms with Gasteiger partial charge in [-0.2, -0.15) is 16.7 Å². The Balaban J connectivity index is 1.81. The minimum Gasteiger partial charge on any atom is -0.340 e. The number of rotatable bonds is 3. The van der Waals surface area contributed by atoms with E-state index < -0.39 is 0 Å². The third kappa shape index (κ3) is 2.95. The van der Waals surface area contributed by atoms with Gasteiger partial charge in [-0.25, -0.2) is 0 Å². The van der Waals surface area contributed by atoms with Crippen molar-refractivity contribution in [3.8, 4) is 0 Å². The van der Waals surface area contributed by atoms with Crippen molar-refractivity contribution in [3.05, 3.63) is 11.7 Å². The van der Waals surface area contributed by atoms with Crippen LogP contribution in [0.1, 0.15) is 31.5 Å². The first kappa shape index (κ1) is 11.0. The molecule has 15 heavy (non-hydrogen) atoms. The number of hydrogen-bond acceptors (Lipinski definition) is 5. The lowest BCUT2D eigenvalue weighted by atomic mass is 10.1. The number of nitrogens with one attached hydrogen (secondary N) is 1. The molecule has 2 rings (SSSR count). The molecule has 0 amide bonds. The fourth-order valence-corrected chi connectivity index (χ4v) is 3.00. The maximum absolute atomic E-state index is 4.92. The van der Waals surface area contributed by atoms with Gasteiger partial charge in [0.2, 0.25) is 5.89 Å². The standard InChI is InChI=1S/C10H17N3OS/c1-7-9(4-3-5-15-7)11-6-10-12-8(2)14-13-10/h7,9,11H,3-6H2,1-2H3. The molecule has 0 saturated carbocycles. The average Bonchev–Trinajstić information content (AvgIpc) is 2.63. The monoisotopic (exact) mass is 227 g/mol. The summed E-state index contributed by atoms with van der Waals surface area (Å²) in [7, 11) is 0. The van der Waals surface area contributed by atoms with Gasteiger partial charge in [-0.05, 0) is 18.6 Å². The molecule has 1 fully saturated rings. The maximum atomic E-state index is 4.92. The molecular weight excluding hydrogens is 210 g/mol. The normalized spacial score (nSPS) is 26.8. The van der Waals surface area contributed by atoms with Crippen LogP contribution in [0.15, 0.2) is 4.52 Å². The Morgan fingerprint density at radius 1 is 1.60 bits per heavy atom. The molecule has 1 aliphatic rings. The van der Waals surface area contributed by atoms with Crippen LogP contribution in [-0.4, -0.2) is 27.2 Å². The molecule has 0 spiro atoms. The molecule has 1 aromatic rings. The topological polar surface area (TPSA) is 51.0 Å². The molecule has 84 valence electrons. The Kier molecular flexibility index (Phi) is 3.64. The summed E-state index contributed by atoms with van der Waals surface area (Å²) in [6, 6.07) is 0.586. The van der Waals surface area contributed by atoms with Crippen molar-refractivity contribution in [2.45, 2.75) is 44.5 Å². The lowest BCUT2D eigenvalue weighted by molar-refractivity contribution is 0.380. The maximum Gasteiger partial charge on any atom is 0.223 e. The first-order valence-electron chi connectivity index (χ1n) is 5.40. The van der Waals surface area contributed by atoms with E-state index in [0.717, 1.165) is 5.82 Å². The van der Waals surface area contributed by atoms with Crippen LogP contribution in [0.25, 0.3) is 0 Å². The van der Waals surface area contributed by atoms with Gasteiger partial charge in [0.1, 0.15) is 0 Å². The zero-order valence-corrected chi connectivity index (χ0v) is 10.0. The summed E-state index contributed by atoms with van der Waals surface area (Å²) < 4.78 is 4.92. The second kappa shape index (κ2) is 4.99. The molecule has 0 aliphatic carbocycles. The van der Waals surface area contributed by atoms with Gasteiger partial charge in [-0.15, -0.1) is 0 Å². The molecule has 0 bridgehead atoms. The fourth-order valence-electron chi connectivity index (χ4n) is 1.83. The summed E-state index contributed by atoms with van der Waals surface area (Å²) in [5.41, 5.74) is 0. The molecule has 1 aromatic heterocycles. The SMILES string of the molecule is Cc1nc(CNC2CCCSC2C)no1. The predicted octanol–water partition coefficient (Wildman–Crippen LogP) is 1.75. The molecular formula is C10H17N3OS. The number of aryl methyl sites for hydroxylation is 1. The van der Waals surface area contributed by atoms with Crippen molar-refractivity contribution in [1.82, 2.24) is 15.5 Å². The van der Waals surface area contributed by atoms with Gasteiger partial charge in [0.15, 0.2) is 5.82 Å². The van der Waals surface area contributed by atoms with Crippen molar-refractivity contribution in [1.29, 1.82) is 0 Å². The Morgan fingerprint density at radius 2 is 2.47 bits per heavy atom. The fraction of sp³-hybridized carbons (Fsp3) is 0.800. The number of nitrogens with zero attached hydrogens (tertiary/aromatic N) is 2. The minimum absolute atomic E-state index is 0.586. The van der Waals surface area contributed by atoms with E-state index in [2.05, 4.69) is 22.4 Å². The van der Waals surface area contributed by atoms with Crippen molar-refractivity contribution in [2.24, 2.45) is 0 Å². The van der Waals surface area contributed by atoms with Crippen LogP contribution >= 0.6 is 11.8 Å². The Morgan fingerprint density at radius 3 is 3.13 bits per heavy atom. The molecule has 2 heterocycles. The molecule has 1 N–H and O–H groups in total. The Labute approximate surface area is 94.2 Å². The van der Waals surface area contributed by atoms with Crippen LogP contribution in [0.5, 0.6) is 0 Å². The minimum atomic E-state index is 0.586. The first-order valence-corrected chi connectivity index (χ1v) is 6.45. The molecule has 1 aliphatic heterocycles. The van der Waals surface area contributed by atoms with E-state index >= 15 is 0 Å². The van der Waals surface area contributed by atoms with E-state index in [1.165, 1.54) is 18.6 Å². The highest BCUT2D eigenvalue weighted by Crippen LogP contribution is 2.25. The van der Waals surface area contributed by atoms with E-state index in [9.17, 15) is 0 Å². The third-order valence-corrected chi connectivity index (χ3v) is 4.08. The highest BCUT2D eigenvalue weighted by atomic mass is 32.2. The van der Waals surface area contributed by atoms with Crippen LogP contribution in [0, 0.1) is 6.92 Å². The van der Waals surface area contributed by atoms with Crippen LogP contribution in [0.4, 0.5) is 0 Å². The Bertz CT molecular complexity index is 315. The highest BCUT2D eigenvalue weighted by Gasteiger charge is 2.21. The quantitative estimate of drug-likeness (QED) is 0.852. The van der Waals surface area contributed by atoms with E-state index in [-0.39, 0.29) is 0 Å². The molecule has 2 unspecified atom stereocenters. The summed E-state index contributed by atoms with van der Waals surface area (Å²) in [6.45, 7) is 4.81. The van der Waals surface area contributed by atoms with Gasteiger partial charge >= 0.3 is 0 Å². The van der Waals surface area contributed by atoms with Crippen molar-refractivity contribution in [3.63, 3.8) is 0 Å². The molecule has 2 atom stereocenters. The van der Waals surface area contributed by atoms with Gasteiger partial charge in [-0.3, -0.25) is 0 Å². The van der Waals surface area contributed by atoms with E-state index in [0.29, 0.717) is 23.7 Å². The lowest BCUT2D eigenvalue weighted by Gasteiger charge is -2.28. The number of thioether (sulfide) groups is 1. The summed E-state index contributed by atoms with van der Waals surface area (Å²) in [5.74, 6) is 2.69. The van der Waals surface area contributed by atoms with Gasteiger partial charge in [0.25, 0.3) is 0 Å². The smallest absolute Gasteiger partial charge is 0.223 e. The van der Waals surface area contributed by atoms with Crippen LogP contribution < -0.4 is 5.32 Å². The Hall–Kier alpha value is -0.550. The summed E-state index contributed by atoms with van der Waals surface area (Å²) in [6.07, 6.45) is 2.56. The predicted molar refractivity (Wildman–Crippen MR) is 60.8 cm³/mol. The van der Waals surface area contributed by atoms with Gasteiger partial charge in [0, 0.05) is 18.2 Å². The van der Waals surface area contributed by atoms with Gasteiger partial charge < -0.3 is 9.84 Å². The lowest BCUT2D eigenvalue weighted by Crippen LogP contribution is -2.39. The number of hydrogen-bond donors (Lipinski definition) is 1. The second-order valence-electron chi connectivity index (χ2n) is 3.94. The third-order valence-electron chi connectivity index (χ3n) is 2.70. The van der Waals surface area contributed by atoms with Crippen LogP contribution in [0.2, 0.25) is 0 Å². The first-order chi connectivity index (χ1) is 7.25. The molecule has 0 aromatic carbocycles. The van der Waals surface area contributed by atoms with Gasteiger partial charge in [-0.1, -0.05) is 12.1 Å². The van der Waals surface area contributed by atoms with Gasteiger partial charge in [0.05, 0.1) is 6.54 Å². The van der Waals surface area contributed by atoms with E-state index in [1.807, 2.05) is 18.7 Å². The summed E-state index contributed by atoms with van der Waals surface area (Å²) in [5, 5.41) is 8.05. The summed E-state index contributed by atoms with van der Waals surface area (Å²) in [4.78, 5) is 4.17. The second-order valence-corrected chi connectivity index (χ2v) is 5.42. The van der Waals surface area contributed by atoms with Crippen LogP contribution in [-0.2, 0) is 6.54 Å². The van der Waals surface area contributed by atoms with Crippen molar-refractivity contribution < 1.29 is 4.52 Å². The molecule has 1 saturated heterocycles. The highest BCUT2D eigenvalue weighted by molar-refractivity contribution is 7.99. The number of aromatic nitrogens is 2. The van der Waals surface area contributed by atoms with Crippen molar-refractivity contribution >= 4 is 11.8 Å². The zero-order chi connectivity index (χ0) is 10.7. The van der Waals surface area contributed by atoms with E-state index in [1.54, 1.807) is 0 Å². The average molecular weight is 227 g/mol. The molecule has 5 heteroatoms. The molecule has 4 nitrogen and oxygen atoms in total. The van der Waals surface area contributed by atoms with Crippen molar-refractivity contribution in [2.75, 3.05) is 5.75 Å². The zero-order valence-electron chi connectivity index (χ0n) is 9.19. The van der Waals surface area contributed by atoms with E-state index in [4.69, 9.17) is 4.52 Å². The van der Waals surface area contributed by atoms with Crippen LogP contribution in [0.3, 0.4) is 0 Å².